The molecule has 4 N–H and O–H groups in total. The van der Waals surface area contributed by atoms with Crippen LogP contribution in [0.1, 0.15) is 24.4 Å². The summed E-state index contributed by atoms with van der Waals surface area (Å²) in [6, 6.07) is 16.7. The zero-order valence-corrected chi connectivity index (χ0v) is 19.3. The number of aliphatic hydroxyl groups is 1. The van der Waals surface area contributed by atoms with Gasteiger partial charge in [-0.1, -0.05) is 30.3 Å². The number of aryl methyl sites for hydroxylation is 2. The summed E-state index contributed by atoms with van der Waals surface area (Å²) in [6.07, 6.45) is 1.65. The van der Waals surface area contributed by atoms with Gasteiger partial charge in [0, 0.05) is 31.4 Å². The molecule has 3 aromatic heterocycles. The highest BCUT2D eigenvalue weighted by Gasteiger charge is 2.18. The second-order valence-electron chi connectivity index (χ2n) is 8.07. The highest BCUT2D eigenvalue weighted by Crippen LogP contribution is 2.32. The molecule has 5 rings (SSSR count). The average Bonchev–Trinajstić information content (AvgIpc) is 3.45. The van der Waals surface area contributed by atoms with Crippen LogP contribution in [0.25, 0.3) is 22.4 Å². The van der Waals surface area contributed by atoms with Crippen LogP contribution in [0.5, 0.6) is 0 Å². The van der Waals surface area contributed by atoms with Crippen molar-refractivity contribution in [2.75, 3.05) is 17.2 Å². The Morgan fingerprint density at radius 1 is 1.14 bits per heavy atom. The Balaban J connectivity index is 1.51. The standard InChI is InChI=1S/C25H25N7O3/c1-3-32-22-11-17(9-10-18(22)24(34)31-32)27-23-12-20(19(13-26-23)25-30-29-15(2)35-25)28-21(14-33)16-7-5-4-6-8-16/h4-13,21,33H,3,14H2,1-2H3,(H,31,34)(H2,26,27,28)/t21-/m1/s1. The Morgan fingerprint density at radius 2 is 1.97 bits per heavy atom. The lowest BCUT2D eigenvalue weighted by molar-refractivity contribution is 0.276. The topological polar surface area (TPSA) is 134 Å². The molecule has 10 heteroatoms. The second-order valence-corrected chi connectivity index (χ2v) is 8.07. The molecule has 0 saturated heterocycles. The molecule has 0 spiro atoms. The van der Waals surface area contributed by atoms with Crippen LogP contribution < -0.4 is 16.2 Å². The maximum absolute atomic E-state index is 12.1. The first-order valence-corrected chi connectivity index (χ1v) is 11.3. The normalized spacial score (nSPS) is 12.1. The number of nitrogens with zero attached hydrogens (tertiary/aromatic N) is 4. The number of aromatic nitrogens is 5. The predicted octanol–water partition coefficient (Wildman–Crippen LogP) is 3.99. The zero-order chi connectivity index (χ0) is 24.4. The van der Waals surface area contributed by atoms with E-state index in [-0.39, 0.29) is 18.2 Å². The molecule has 2 aromatic carbocycles. The quantitative estimate of drug-likeness (QED) is 0.267. The van der Waals surface area contributed by atoms with Crippen LogP contribution in [-0.2, 0) is 6.54 Å². The minimum absolute atomic E-state index is 0.115. The molecule has 0 fully saturated rings. The number of nitrogens with one attached hydrogen (secondary N) is 3. The monoisotopic (exact) mass is 471 g/mol. The number of hydrogen-bond acceptors (Lipinski definition) is 8. The minimum atomic E-state index is -0.357. The molecule has 35 heavy (non-hydrogen) atoms. The summed E-state index contributed by atoms with van der Waals surface area (Å²) >= 11 is 0. The van der Waals surface area contributed by atoms with E-state index in [2.05, 4.69) is 30.9 Å². The molecule has 0 aliphatic carbocycles. The zero-order valence-electron chi connectivity index (χ0n) is 19.3. The molecular formula is C25H25N7O3. The summed E-state index contributed by atoms with van der Waals surface area (Å²) < 4.78 is 7.45. The van der Waals surface area contributed by atoms with Gasteiger partial charge >= 0.3 is 0 Å². The Kier molecular flexibility index (Phi) is 6.02. The molecule has 0 aliphatic heterocycles. The van der Waals surface area contributed by atoms with Gasteiger partial charge < -0.3 is 20.2 Å². The van der Waals surface area contributed by atoms with E-state index >= 15 is 0 Å². The maximum atomic E-state index is 12.1. The van der Waals surface area contributed by atoms with Crippen molar-refractivity contribution in [1.29, 1.82) is 0 Å². The lowest BCUT2D eigenvalue weighted by Gasteiger charge is -2.20. The van der Waals surface area contributed by atoms with E-state index in [1.54, 1.807) is 23.9 Å². The van der Waals surface area contributed by atoms with Crippen LogP contribution in [-0.4, -0.2) is 36.7 Å². The fourth-order valence-electron chi connectivity index (χ4n) is 3.99. The minimum Gasteiger partial charge on any atom is -0.421 e. The maximum Gasteiger partial charge on any atom is 0.271 e. The van der Waals surface area contributed by atoms with Gasteiger partial charge in [-0.2, -0.15) is 0 Å². The number of aliphatic hydroxyl groups excluding tert-OH is 1. The number of benzene rings is 2. The molecule has 5 aromatic rings. The van der Waals surface area contributed by atoms with Crippen molar-refractivity contribution in [3.05, 3.63) is 82.6 Å². The lowest BCUT2D eigenvalue weighted by Crippen LogP contribution is -2.15. The summed E-state index contributed by atoms with van der Waals surface area (Å²) in [7, 11) is 0. The highest BCUT2D eigenvalue weighted by atomic mass is 16.4. The number of fused-ring (bicyclic) bond motifs is 1. The van der Waals surface area contributed by atoms with Crippen molar-refractivity contribution in [2.45, 2.75) is 26.4 Å². The van der Waals surface area contributed by atoms with Crippen molar-refractivity contribution in [2.24, 2.45) is 0 Å². The Morgan fingerprint density at radius 3 is 2.69 bits per heavy atom. The van der Waals surface area contributed by atoms with Crippen LogP contribution in [0, 0.1) is 6.92 Å². The number of pyridine rings is 1. The summed E-state index contributed by atoms with van der Waals surface area (Å²) in [5, 5.41) is 28.3. The first kappa shape index (κ1) is 22.4. The van der Waals surface area contributed by atoms with Crippen LogP contribution >= 0.6 is 0 Å². The van der Waals surface area contributed by atoms with E-state index < -0.39 is 0 Å². The number of aromatic amines is 1. The van der Waals surface area contributed by atoms with Gasteiger partial charge in [-0.05, 0) is 30.7 Å². The molecular weight excluding hydrogens is 446 g/mol. The number of H-pyrrole nitrogens is 1. The van der Waals surface area contributed by atoms with Gasteiger partial charge in [0.2, 0.25) is 5.89 Å². The molecule has 0 bridgehead atoms. The van der Waals surface area contributed by atoms with Crippen molar-refractivity contribution in [3.63, 3.8) is 0 Å². The van der Waals surface area contributed by atoms with Crippen LogP contribution in [0.15, 0.2) is 70.0 Å². The smallest absolute Gasteiger partial charge is 0.271 e. The Labute approximate surface area is 200 Å². The Hall–Kier alpha value is -4.44. The molecule has 10 nitrogen and oxygen atoms in total. The summed E-state index contributed by atoms with van der Waals surface area (Å²) in [5.74, 6) is 1.34. The van der Waals surface area contributed by atoms with Gasteiger partial charge in [0.15, 0.2) is 0 Å². The molecule has 0 unspecified atom stereocenters. The average molecular weight is 472 g/mol. The number of rotatable bonds is 8. The van der Waals surface area contributed by atoms with Crippen molar-refractivity contribution < 1.29 is 9.52 Å². The van der Waals surface area contributed by atoms with Crippen LogP contribution in [0.2, 0.25) is 0 Å². The van der Waals surface area contributed by atoms with Crippen molar-refractivity contribution in [1.82, 2.24) is 25.0 Å². The van der Waals surface area contributed by atoms with Crippen LogP contribution in [0.4, 0.5) is 17.2 Å². The molecule has 0 saturated carbocycles. The van der Waals surface area contributed by atoms with E-state index in [4.69, 9.17) is 4.42 Å². The van der Waals surface area contributed by atoms with Crippen molar-refractivity contribution >= 4 is 28.1 Å². The Bertz CT molecular complexity index is 1520. The molecule has 1 atom stereocenters. The highest BCUT2D eigenvalue weighted by molar-refractivity contribution is 5.83. The first-order chi connectivity index (χ1) is 17.1. The summed E-state index contributed by atoms with van der Waals surface area (Å²) in [4.78, 5) is 16.7. The summed E-state index contributed by atoms with van der Waals surface area (Å²) in [5.41, 5.74) is 3.69. The van der Waals surface area contributed by atoms with Gasteiger partial charge in [-0.3, -0.25) is 14.6 Å². The lowest BCUT2D eigenvalue weighted by atomic mass is 10.1. The summed E-state index contributed by atoms with van der Waals surface area (Å²) in [6.45, 7) is 4.22. The third-order valence-electron chi connectivity index (χ3n) is 5.73. The molecule has 0 radical (unpaired) electrons. The van der Waals surface area contributed by atoms with Gasteiger partial charge in [-0.15, -0.1) is 10.2 Å². The third-order valence-corrected chi connectivity index (χ3v) is 5.73. The molecule has 0 amide bonds. The van der Waals surface area contributed by atoms with E-state index in [1.165, 1.54) is 0 Å². The van der Waals surface area contributed by atoms with Crippen molar-refractivity contribution in [3.8, 4) is 11.5 Å². The van der Waals surface area contributed by atoms with E-state index in [1.807, 2.05) is 55.5 Å². The SMILES string of the molecule is CCn1[nH]c(=O)c2ccc(Nc3cc(N[C@H](CO)c4ccccc4)c(-c4nnc(C)o4)cn3)cc21. The van der Waals surface area contributed by atoms with E-state index in [0.717, 1.165) is 16.8 Å². The van der Waals surface area contributed by atoms with Gasteiger partial charge in [0.1, 0.15) is 5.82 Å². The largest absolute Gasteiger partial charge is 0.421 e. The van der Waals surface area contributed by atoms with Gasteiger partial charge in [0.25, 0.3) is 11.4 Å². The first-order valence-electron chi connectivity index (χ1n) is 11.3. The fourth-order valence-corrected chi connectivity index (χ4v) is 3.99. The molecule has 178 valence electrons. The third kappa shape index (κ3) is 4.51. The fraction of sp³-hybridized carbons (Fsp3) is 0.200. The second kappa shape index (κ2) is 9.43. The predicted molar refractivity (Wildman–Crippen MR) is 134 cm³/mol. The van der Waals surface area contributed by atoms with Gasteiger partial charge in [-0.25, -0.2) is 4.98 Å². The van der Waals surface area contributed by atoms with E-state index in [9.17, 15) is 9.90 Å². The number of anilines is 3. The molecule has 3 heterocycles. The van der Waals surface area contributed by atoms with Crippen LogP contribution in [0.3, 0.4) is 0 Å². The van der Waals surface area contributed by atoms with E-state index in [0.29, 0.717) is 40.8 Å². The molecule has 0 aliphatic rings. The van der Waals surface area contributed by atoms with Gasteiger partial charge in [0.05, 0.1) is 34.8 Å². The number of hydrogen-bond donors (Lipinski definition) is 4.